The zero-order valence-corrected chi connectivity index (χ0v) is 27.3. The highest BCUT2D eigenvalue weighted by atomic mass is 32.1. The number of pyridine rings is 1. The number of aliphatic hydroxyl groups excluding tert-OH is 1. The van der Waals surface area contributed by atoms with Gasteiger partial charge in [0.05, 0.1) is 40.6 Å². The molecule has 1 unspecified atom stereocenters. The summed E-state index contributed by atoms with van der Waals surface area (Å²) in [6.45, 7) is 4.55. The number of halogens is 1. The van der Waals surface area contributed by atoms with Crippen molar-refractivity contribution in [3.63, 3.8) is 0 Å². The maximum Gasteiger partial charge on any atom is 0.305 e. The van der Waals surface area contributed by atoms with Crippen molar-refractivity contribution in [1.82, 2.24) is 25.1 Å². The molecule has 4 heterocycles. The zero-order chi connectivity index (χ0) is 33.3. The number of H-pyrrole nitrogens is 1. The van der Waals surface area contributed by atoms with Gasteiger partial charge in [-0.15, -0.1) is 0 Å². The van der Waals surface area contributed by atoms with E-state index in [1.54, 1.807) is 24.4 Å². The number of aromatic hydroxyl groups is 1. The van der Waals surface area contributed by atoms with Crippen molar-refractivity contribution in [3.8, 4) is 5.75 Å². The number of hydrogen-bond donors (Lipinski definition) is 4. The Labute approximate surface area is 280 Å². The quantitative estimate of drug-likeness (QED) is 0.170. The molecule has 5 aromatic rings. The van der Waals surface area contributed by atoms with Crippen LogP contribution in [0.1, 0.15) is 46.0 Å². The highest BCUT2D eigenvalue weighted by Crippen LogP contribution is 2.33. The van der Waals surface area contributed by atoms with E-state index in [-0.39, 0.29) is 34.5 Å². The fourth-order valence-corrected chi connectivity index (χ4v) is 7.82. The highest BCUT2D eigenvalue weighted by Gasteiger charge is 2.41. The van der Waals surface area contributed by atoms with Crippen LogP contribution in [0.5, 0.6) is 5.75 Å². The fourth-order valence-electron chi connectivity index (χ4n) is 6.90. The van der Waals surface area contributed by atoms with Gasteiger partial charge in [0.2, 0.25) is 0 Å². The predicted octanol–water partition coefficient (Wildman–Crippen LogP) is 4.36. The third-order valence-corrected chi connectivity index (χ3v) is 10.4. The molecule has 3 aromatic carbocycles. The number of phenols is 1. The lowest BCUT2D eigenvalue weighted by atomic mass is 9.89. The summed E-state index contributed by atoms with van der Waals surface area (Å²) in [6, 6.07) is 17.9. The minimum Gasteiger partial charge on any atom is -0.506 e. The van der Waals surface area contributed by atoms with Gasteiger partial charge in [0, 0.05) is 49.9 Å². The van der Waals surface area contributed by atoms with Crippen LogP contribution in [0.25, 0.3) is 21.1 Å². The Morgan fingerprint density at radius 2 is 1.92 bits per heavy atom. The third kappa shape index (κ3) is 6.99. The number of hydrogen-bond acceptors (Lipinski definition) is 9. The highest BCUT2D eigenvalue weighted by molar-refractivity contribution is 7.16. The Hall–Kier alpha value is -4.20. The molecule has 2 saturated heterocycles. The second-order valence-corrected chi connectivity index (χ2v) is 13.8. The number of carbonyl (C=O) groups is 1. The van der Waals surface area contributed by atoms with Gasteiger partial charge in [-0.05, 0) is 67.3 Å². The molecule has 1 spiro atoms. The number of nitrogens with one attached hydrogen (secondary N) is 2. The van der Waals surface area contributed by atoms with E-state index in [4.69, 9.17) is 4.74 Å². The van der Waals surface area contributed by atoms with Crippen LogP contribution in [0.4, 0.5) is 4.39 Å². The van der Waals surface area contributed by atoms with Gasteiger partial charge in [-0.25, -0.2) is 4.39 Å². The standard InChI is InChI=1S/C36H38FN5O5S/c37-27-16-23(7-10-38-20-31(44)28-5-6-30(43)32-33(28)48-35(46)40-32)15-24(17-27)21-41-11-8-36(9-12-41)22-42(13-14-47-36)34(45)26-18-25-3-1-2-4-29(25)39-19-26/h1-6,15-19,31,38,43-44H,7-14,20-22H2,(H,40,46). The average molecular weight is 672 g/mol. The van der Waals surface area contributed by atoms with Gasteiger partial charge in [-0.1, -0.05) is 41.7 Å². The number of amides is 1. The van der Waals surface area contributed by atoms with E-state index < -0.39 is 6.10 Å². The van der Waals surface area contributed by atoms with Gasteiger partial charge in [-0.2, -0.15) is 0 Å². The summed E-state index contributed by atoms with van der Waals surface area (Å²) in [6.07, 6.45) is 2.93. The number of piperidine rings is 1. The Bertz CT molecular complexity index is 2010. The lowest BCUT2D eigenvalue weighted by Gasteiger charge is -2.47. The Kier molecular flexibility index (Phi) is 9.25. The molecule has 1 atom stereocenters. The smallest absolute Gasteiger partial charge is 0.305 e. The number of phenolic OH excluding ortho intramolecular Hbond substituents is 1. The van der Waals surface area contributed by atoms with Gasteiger partial charge in [0.1, 0.15) is 17.1 Å². The molecule has 12 heteroatoms. The Balaban J connectivity index is 0.907. The normalized spacial score (nSPS) is 17.3. The number of para-hydroxylation sites is 1. The Morgan fingerprint density at radius 3 is 2.77 bits per heavy atom. The molecule has 0 bridgehead atoms. The van der Waals surface area contributed by atoms with Crippen LogP contribution in [0.15, 0.2) is 71.7 Å². The second-order valence-electron chi connectivity index (χ2n) is 12.8. The molecule has 2 aromatic heterocycles. The number of aliphatic hydroxyl groups is 1. The largest absolute Gasteiger partial charge is 0.506 e. The molecule has 4 N–H and O–H groups in total. The topological polar surface area (TPSA) is 131 Å². The number of thiazole rings is 1. The van der Waals surface area contributed by atoms with E-state index in [1.165, 1.54) is 6.07 Å². The summed E-state index contributed by atoms with van der Waals surface area (Å²) in [4.78, 5) is 36.2. The lowest BCUT2D eigenvalue weighted by molar-refractivity contribution is -0.127. The zero-order valence-electron chi connectivity index (χ0n) is 26.5. The first-order chi connectivity index (χ1) is 23.2. The second kappa shape index (κ2) is 13.7. The molecule has 0 saturated carbocycles. The van der Waals surface area contributed by atoms with Gasteiger partial charge < -0.3 is 30.2 Å². The molecule has 2 aliphatic rings. The minimum atomic E-state index is -0.876. The van der Waals surface area contributed by atoms with Gasteiger partial charge >= 0.3 is 4.87 Å². The molecule has 48 heavy (non-hydrogen) atoms. The molecule has 7 rings (SSSR count). The number of benzene rings is 3. The van der Waals surface area contributed by atoms with E-state index >= 15 is 0 Å². The SMILES string of the molecule is O=C(c1cnc2ccccc2c1)N1CCOC2(CCN(Cc3cc(F)cc(CCNCC(O)c4ccc(O)c5[nH]c(=O)sc45)c3)CC2)C1. The summed E-state index contributed by atoms with van der Waals surface area (Å²) in [5.41, 5.74) is 3.73. The third-order valence-electron chi connectivity index (χ3n) is 9.44. The van der Waals surface area contributed by atoms with Crippen LogP contribution in [0, 0.1) is 5.82 Å². The molecule has 0 aliphatic carbocycles. The fraction of sp³-hybridized carbons (Fsp3) is 0.361. The average Bonchev–Trinajstić information content (AvgIpc) is 3.49. The summed E-state index contributed by atoms with van der Waals surface area (Å²) in [5.74, 6) is -0.335. The van der Waals surface area contributed by atoms with Crippen LogP contribution in [0.2, 0.25) is 0 Å². The van der Waals surface area contributed by atoms with Crippen LogP contribution in [-0.2, 0) is 17.7 Å². The van der Waals surface area contributed by atoms with Crippen LogP contribution in [0.3, 0.4) is 0 Å². The summed E-state index contributed by atoms with van der Waals surface area (Å²) in [5, 5.41) is 24.9. The number of likely N-dealkylation sites (tertiary alicyclic amines) is 1. The first kappa shape index (κ1) is 32.4. The van der Waals surface area contributed by atoms with Crippen molar-refractivity contribution < 1.29 is 24.1 Å². The number of aromatic amines is 1. The molecule has 1 amide bonds. The number of morpholine rings is 1. The van der Waals surface area contributed by atoms with Crippen molar-refractivity contribution >= 4 is 38.4 Å². The summed E-state index contributed by atoms with van der Waals surface area (Å²) >= 11 is 0.952. The number of fused-ring (bicyclic) bond motifs is 2. The first-order valence-electron chi connectivity index (χ1n) is 16.3. The minimum absolute atomic E-state index is 0.0219. The molecule has 250 valence electrons. The number of ether oxygens (including phenoxy) is 1. The Morgan fingerprint density at radius 1 is 1.10 bits per heavy atom. The number of nitrogens with zero attached hydrogens (tertiary/aromatic N) is 3. The van der Waals surface area contributed by atoms with Crippen molar-refractivity contribution in [2.75, 3.05) is 45.9 Å². The van der Waals surface area contributed by atoms with E-state index in [2.05, 4.69) is 20.2 Å². The maximum absolute atomic E-state index is 14.7. The first-order valence-corrected chi connectivity index (χ1v) is 17.1. The molecular formula is C36H38FN5O5S. The van der Waals surface area contributed by atoms with E-state index in [9.17, 15) is 24.2 Å². The van der Waals surface area contributed by atoms with Crippen molar-refractivity contribution in [2.24, 2.45) is 0 Å². The summed E-state index contributed by atoms with van der Waals surface area (Å²) in [7, 11) is 0. The van der Waals surface area contributed by atoms with E-state index in [1.807, 2.05) is 41.3 Å². The molecule has 2 aliphatic heterocycles. The van der Waals surface area contributed by atoms with E-state index in [0.29, 0.717) is 60.6 Å². The van der Waals surface area contributed by atoms with Crippen molar-refractivity contribution in [3.05, 3.63) is 105 Å². The van der Waals surface area contributed by atoms with E-state index in [0.717, 1.165) is 59.3 Å². The predicted molar refractivity (Wildman–Crippen MR) is 183 cm³/mol. The number of carbonyl (C=O) groups excluding carboxylic acids is 1. The molecule has 0 radical (unpaired) electrons. The maximum atomic E-state index is 14.7. The van der Waals surface area contributed by atoms with Crippen LogP contribution in [-0.4, -0.2) is 87.4 Å². The molecule has 2 fully saturated rings. The van der Waals surface area contributed by atoms with Crippen LogP contribution < -0.4 is 10.2 Å². The van der Waals surface area contributed by atoms with Crippen LogP contribution >= 0.6 is 11.3 Å². The van der Waals surface area contributed by atoms with Crippen molar-refractivity contribution in [2.45, 2.75) is 37.5 Å². The van der Waals surface area contributed by atoms with Gasteiger partial charge in [0.15, 0.2) is 0 Å². The number of rotatable bonds is 9. The summed E-state index contributed by atoms with van der Waals surface area (Å²) < 4.78 is 21.5. The van der Waals surface area contributed by atoms with Gasteiger partial charge in [0.25, 0.3) is 5.91 Å². The van der Waals surface area contributed by atoms with Gasteiger partial charge in [-0.3, -0.25) is 19.5 Å². The number of aromatic nitrogens is 2. The molecular weight excluding hydrogens is 633 g/mol. The lowest BCUT2D eigenvalue weighted by Crippen LogP contribution is -2.57. The molecule has 10 nitrogen and oxygen atoms in total. The van der Waals surface area contributed by atoms with Crippen molar-refractivity contribution in [1.29, 1.82) is 0 Å². The monoisotopic (exact) mass is 671 g/mol.